The molecular weight excluding hydrogens is 492 g/mol. The van der Waals surface area contributed by atoms with Crippen molar-refractivity contribution in [1.29, 1.82) is 0 Å². The van der Waals surface area contributed by atoms with Crippen LogP contribution >= 0.6 is 23.1 Å². The molecule has 1 fully saturated rings. The first-order valence-corrected chi connectivity index (χ1v) is 13.3. The van der Waals surface area contributed by atoms with E-state index in [1.807, 2.05) is 55.5 Å². The first kappa shape index (κ1) is 24.4. The smallest absolute Gasteiger partial charge is 0.337 e. The van der Waals surface area contributed by atoms with Crippen LogP contribution in [0.25, 0.3) is 10.2 Å². The number of aromatic nitrogens is 2. The summed E-state index contributed by atoms with van der Waals surface area (Å²) >= 11 is 3.35. The molecule has 2 aromatic heterocycles. The number of benzene rings is 2. The molecule has 4 aromatic rings. The van der Waals surface area contributed by atoms with Gasteiger partial charge in [0.05, 0.1) is 39.0 Å². The second-order valence-corrected chi connectivity index (χ2v) is 11.2. The van der Waals surface area contributed by atoms with Gasteiger partial charge in [-0.15, -0.1) is 23.1 Å². The lowest BCUT2D eigenvalue weighted by atomic mass is 10.1. The molecule has 0 saturated carbocycles. The van der Waals surface area contributed by atoms with Gasteiger partial charge in [-0.1, -0.05) is 18.2 Å². The third-order valence-electron chi connectivity index (χ3n) is 6.12. The lowest BCUT2D eigenvalue weighted by Gasteiger charge is -2.23. The number of hydrogen-bond donors (Lipinski definition) is 1. The number of thioether (sulfide) groups is 1. The van der Waals surface area contributed by atoms with E-state index in [1.54, 1.807) is 41.4 Å². The first-order valence-electron chi connectivity index (χ1n) is 11.7. The average Bonchev–Trinajstić information content (AvgIpc) is 3.46. The number of nitrogens with zero attached hydrogens (tertiary/aromatic N) is 3. The Bertz CT molecular complexity index is 1380. The normalized spacial score (nSPS) is 17.8. The van der Waals surface area contributed by atoms with E-state index in [2.05, 4.69) is 20.2 Å². The summed E-state index contributed by atoms with van der Waals surface area (Å²) < 4.78 is 5.91. The zero-order chi connectivity index (χ0) is 25.1. The highest BCUT2D eigenvalue weighted by Gasteiger charge is 2.37. The highest BCUT2D eigenvalue weighted by molar-refractivity contribution is 7.99. The molecule has 1 saturated heterocycles. The summed E-state index contributed by atoms with van der Waals surface area (Å²) in [6.07, 6.45) is 2.50. The van der Waals surface area contributed by atoms with E-state index in [4.69, 9.17) is 4.74 Å². The van der Waals surface area contributed by atoms with E-state index in [0.29, 0.717) is 18.5 Å². The van der Waals surface area contributed by atoms with Crippen molar-refractivity contribution in [3.05, 3.63) is 83.0 Å². The number of pyridine rings is 1. The number of amides is 1. The number of likely N-dealkylation sites (tertiary alicyclic amines) is 1. The maximum absolute atomic E-state index is 13.5. The Balaban J connectivity index is 1.33. The second kappa shape index (κ2) is 10.8. The van der Waals surface area contributed by atoms with Gasteiger partial charge in [-0.05, 0) is 61.4 Å². The number of carbonyl (C=O) groups is 2. The number of ether oxygens (including phenoxy) is 1. The quantitative estimate of drug-likeness (QED) is 0.338. The summed E-state index contributed by atoms with van der Waals surface area (Å²) in [6.45, 7) is 3.34. The molecule has 0 unspecified atom stereocenters. The zero-order valence-electron chi connectivity index (χ0n) is 20.0. The molecule has 1 N–H and O–H groups in total. The molecule has 9 heteroatoms. The van der Waals surface area contributed by atoms with Gasteiger partial charge in [0.2, 0.25) is 5.91 Å². The van der Waals surface area contributed by atoms with Gasteiger partial charge in [-0.3, -0.25) is 9.69 Å². The summed E-state index contributed by atoms with van der Waals surface area (Å²) in [4.78, 5) is 36.5. The average molecular weight is 519 g/mol. The monoisotopic (exact) mass is 518 g/mol. The Hall–Kier alpha value is -3.27. The topological polar surface area (TPSA) is 84.4 Å². The Morgan fingerprint density at radius 2 is 2.00 bits per heavy atom. The highest BCUT2D eigenvalue weighted by Crippen LogP contribution is 2.33. The number of anilines is 1. The third-order valence-corrected chi connectivity index (χ3v) is 8.23. The molecule has 0 radical (unpaired) electrons. The minimum atomic E-state index is -0.362. The van der Waals surface area contributed by atoms with Gasteiger partial charge in [0.15, 0.2) is 0 Å². The third kappa shape index (κ3) is 5.59. The van der Waals surface area contributed by atoms with E-state index in [0.717, 1.165) is 38.0 Å². The fraction of sp³-hybridized carbons (Fsp3) is 0.259. The minimum Gasteiger partial charge on any atom is -0.465 e. The predicted octanol–water partition coefficient (Wildman–Crippen LogP) is 5.16. The van der Waals surface area contributed by atoms with E-state index < -0.39 is 0 Å². The molecule has 5 rings (SSSR count). The van der Waals surface area contributed by atoms with Crippen LogP contribution < -0.4 is 5.32 Å². The fourth-order valence-corrected chi connectivity index (χ4v) is 6.40. The molecule has 0 aliphatic carbocycles. The number of esters is 1. The molecule has 36 heavy (non-hydrogen) atoms. The maximum Gasteiger partial charge on any atom is 0.337 e. The molecule has 0 spiro atoms. The van der Waals surface area contributed by atoms with Crippen molar-refractivity contribution in [2.24, 2.45) is 0 Å². The summed E-state index contributed by atoms with van der Waals surface area (Å²) in [5, 5.41) is 5.30. The second-order valence-electron chi connectivity index (χ2n) is 8.68. The van der Waals surface area contributed by atoms with Gasteiger partial charge in [0.25, 0.3) is 0 Å². The minimum absolute atomic E-state index is 0.0309. The number of fused-ring (bicyclic) bond motifs is 1. The summed E-state index contributed by atoms with van der Waals surface area (Å²) in [5.74, 6) is -0.393. The van der Waals surface area contributed by atoms with Crippen LogP contribution in [0.1, 0.15) is 27.3 Å². The van der Waals surface area contributed by atoms with Gasteiger partial charge in [-0.2, -0.15) is 0 Å². The SMILES string of the molecule is COC(=O)c1ccc(CN2C[C@H](Sc3ccccn3)C[C@H]2C(=O)Nc2ccc3sc(C)nc3c2)cc1. The van der Waals surface area contributed by atoms with Crippen molar-refractivity contribution in [2.75, 3.05) is 19.0 Å². The van der Waals surface area contributed by atoms with Crippen molar-refractivity contribution in [3.63, 3.8) is 0 Å². The van der Waals surface area contributed by atoms with E-state index >= 15 is 0 Å². The van der Waals surface area contributed by atoms with Crippen molar-refractivity contribution in [1.82, 2.24) is 14.9 Å². The van der Waals surface area contributed by atoms with Crippen LogP contribution in [0.5, 0.6) is 0 Å². The fourth-order valence-electron chi connectivity index (χ4n) is 4.43. The number of methoxy groups -OCH3 is 1. The zero-order valence-corrected chi connectivity index (χ0v) is 21.6. The van der Waals surface area contributed by atoms with E-state index in [9.17, 15) is 9.59 Å². The Morgan fingerprint density at radius 3 is 2.75 bits per heavy atom. The largest absolute Gasteiger partial charge is 0.465 e. The Kier molecular flexibility index (Phi) is 7.31. The molecule has 184 valence electrons. The van der Waals surface area contributed by atoms with Crippen molar-refractivity contribution < 1.29 is 14.3 Å². The molecular formula is C27H26N4O3S2. The van der Waals surface area contributed by atoms with Gasteiger partial charge in [0, 0.05) is 30.2 Å². The van der Waals surface area contributed by atoms with Crippen molar-refractivity contribution in [2.45, 2.75) is 36.2 Å². The van der Waals surface area contributed by atoms with Crippen molar-refractivity contribution >= 4 is 50.9 Å². The van der Waals surface area contributed by atoms with Crippen LogP contribution in [0.2, 0.25) is 0 Å². The van der Waals surface area contributed by atoms with Crippen LogP contribution in [0.15, 0.2) is 71.9 Å². The number of rotatable bonds is 7. The van der Waals surface area contributed by atoms with Gasteiger partial charge in [-0.25, -0.2) is 14.8 Å². The number of hydrogen-bond acceptors (Lipinski definition) is 8. The molecule has 7 nitrogen and oxygen atoms in total. The van der Waals surface area contributed by atoms with Crippen LogP contribution in [0.3, 0.4) is 0 Å². The maximum atomic E-state index is 13.5. The van der Waals surface area contributed by atoms with Crippen LogP contribution in [0.4, 0.5) is 5.69 Å². The number of aryl methyl sites for hydroxylation is 1. The van der Waals surface area contributed by atoms with Gasteiger partial charge < -0.3 is 10.1 Å². The van der Waals surface area contributed by atoms with Crippen LogP contribution in [0, 0.1) is 6.92 Å². The molecule has 1 amide bonds. The Labute approximate surface area is 217 Å². The van der Waals surface area contributed by atoms with Gasteiger partial charge >= 0.3 is 5.97 Å². The molecule has 0 bridgehead atoms. The van der Waals surface area contributed by atoms with Crippen molar-refractivity contribution in [3.8, 4) is 0 Å². The molecule has 3 heterocycles. The lowest BCUT2D eigenvalue weighted by molar-refractivity contribution is -0.120. The van der Waals surface area contributed by atoms with Gasteiger partial charge in [0.1, 0.15) is 0 Å². The highest BCUT2D eigenvalue weighted by atomic mass is 32.2. The number of nitrogens with one attached hydrogen (secondary N) is 1. The molecule has 1 aliphatic heterocycles. The summed E-state index contributed by atoms with van der Waals surface area (Å²) in [5.41, 5.74) is 3.19. The van der Waals surface area contributed by atoms with E-state index in [-0.39, 0.29) is 23.2 Å². The molecule has 1 aliphatic rings. The molecule has 2 aromatic carbocycles. The molecule has 2 atom stereocenters. The summed E-state index contributed by atoms with van der Waals surface area (Å²) in [7, 11) is 1.37. The van der Waals surface area contributed by atoms with Crippen LogP contribution in [-0.2, 0) is 16.1 Å². The first-order chi connectivity index (χ1) is 17.5. The standard InChI is InChI=1S/C27H26N4O3S2/c1-17-29-22-13-20(10-11-24(22)35-17)30-26(32)23-14-21(36-25-5-3-4-12-28-25)16-31(23)15-18-6-8-19(9-7-18)27(33)34-2/h3-13,21,23H,14-16H2,1-2H3,(H,30,32)/t21-,23+/m1/s1. The van der Waals surface area contributed by atoms with E-state index in [1.165, 1.54) is 7.11 Å². The Morgan fingerprint density at radius 1 is 1.17 bits per heavy atom. The summed E-state index contributed by atoms with van der Waals surface area (Å²) in [6, 6.07) is 18.8. The predicted molar refractivity (Wildman–Crippen MR) is 143 cm³/mol. The lowest BCUT2D eigenvalue weighted by Crippen LogP contribution is -2.39. The number of carbonyl (C=O) groups excluding carboxylic acids is 2. The van der Waals surface area contributed by atoms with Crippen LogP contribution in [-0.4, -0.2) is 51.7 Å². The number of thiazole rings is 1.